The summed E-state index contributed by atoms with van der Waals surface area (Å²) in [6, 6.07) is 5.65. The number of benzene rings is 1. The number of nitrogens with one attached hydrogen (secondary N) is 1. The van der Waals surface area contributed by atoms with Crippen LogP contribution in [0, 0.1) is 37.5 Å². The van der Waals surface area contributed by atoms with Gasteiger partial charge in [-0.3, -0.25) is 24.1 Å². The molecule has 1 aliphatic heterocycles. The third-order valence-corrected chi connectivity index (χ3v) is 6.42. The highest BCUT2D eigenvalue weighted by Crippen LogP contribution is 2.56. The molecule has 0 unspecified atom stereocenters. The minimum absolute atomic E-state index is 0.251. The van der Waals surface area contributed by atoms with Crippen molar-refractivity contribution in [2.45, 2.75) is 33.1 Å². The van der Waals surface area contributed by atoms with E-state index in [1.165, 1.54) is 0 Å². The van der Waals surface area contributed by atoms with Crippen molar-refractivity contribution >= 4 is 29.4 Å². The van der Waals surface area contributed by atoms with Gasteiger partial charge in [-0.1, -0.05) is 18.2 Å². The van der Waals surface area contributed by atoms with Crippen LogP contribution in [-0.2, 0) is 23.9 Å². The van der Waals surface area contributed by atoms with E-state index in [1.807, 2.05) is 32.0 Å². The molecular formula is C21H24N2O5. The van der Waals surface area contributed by atoms with E-state index in [0.29, 0.717) is 5.69 Å². The molecule has 0 radical (unpaired) electrons. The Morgan fingerprint density at radius 3 is 2.21 bits per heavy atom. The number of rotatable bonds is 5. The summed E-state index contributed by atoms with van der Waals surface area (Å²) in [4.78, 5) is 50.5. The van der Waals surface area contributed by atoms with Crippen LogP contribution in [0.25, 0.3) is 0 Å². The van der Waals surface area contributed by atoms with Crippen LogP contribution < -0.4 is 5.32 Å². The smallest absolute Gasteiger partial charge is 0.326 e. The molecule has 1 heterocycles. The Balaban J connectivity index is 1.31. The number of anilines is 1. The molecule has 28 heavy (non-hydrogen) atoms. The maximum absolute atomic E-state index is 12.6. The van der Waals surface area contributed by atoms with Crippen molar-refractivity contribution in [3.8, 4) is 0 Å². The van der Waals surface area contributed by atoms with Gasteiger partial charge in [-0.15, -0.1) is 0 Å². The van der Waals surface area contributed by atoms with E-state index in [9.17, 15) is 19.2 Å². The second kappa shape index (κ2) is 7.04. The molecule has 7 nitrogen and oxygen atoms in total. The first-order valence-electron chi connectivity index (χ1n) is 9.73. The SMILES string of the molecule is Cc1cccc(C)c1NC(=O)COC(=O)CN1C(=O)[C@H]2[C@H]3CC[C@@H](C3)[C@@H]2C1=O. The number of fused-ring (bicyclic) bond motifs is 5. The normalized spacial score (nSPS) is 27.9. The van der Waals surface area contributed by atoms with Gasteiger partial charge in [-0.25, -0.2) is 0 Å². The van der Waals surface area contributed by atoms with Gasteiger partial charge in [0.25, 0.3) is 5.91 Å². The molecule has 1 saturated heterocycles. The van der Waals surface area contributed by atoms with Crippen LogP contribution in [0.4, 0.5) is 5.69 Å². The topological polar surface area (TPSA) is 92.8 Å². The lowest BCUT2D eigenvalue weighted by Gasteiger charge is -2.19. The molecule has 4 atom stereocenters. The number of ether oxygens (including phenoxy) is 1. The van der Waals surface area contributed by atoms with Crippen molar-refractivity contribution in [1.29, 1.82) is 0 Å². The molecule has 0 spiro atoms. The van der Waals surface area contributed by atoms with Gasteiger partial charge in [0.2, 0.25) is 11.8 Å². The molecule has 3 fully saturated rings. The zero-order valence-electron chi connectivity index (χ0n) is 16.1. The van der Waals surface area contributed by atoms with Crippen LogP contribution in [0.2, 0.25) is 0 Å². The Morgan fingerprint density at radius 1 is 1.07 bits per heavy atom. The lowest BCUT2D eigenvalue weighted by atomic mass is 9.81. The number of carbonyl (C=O) groups excluding carboxylic acids is 4. The Kier molecular flexibility index (Phi) is 4.69. The average Bonchev–Trinajstić information content (AvgIpc) is 3.33. The lowest BCUT2D eigenvalue weighted by molar-refractivity contribution is -0.154. The number of hydrogen-bond acceptors (Lipinski definition) is 5. The molecule has 3 amide bonds. The molecule has 1 aromatic carbocycles. The van der Waals surface area contributed by atoms with Crippen LogP contribution in [0.1, 0.15) is 30.4 Å². The number of esters is 1. The third-order valence-electron chi connectivity index (χ3n) is 6.42. The number of imide groups is 1. The second-order valence-electron chi connectivity index (χ2n) is 8.12. The predicted molar refractivity (Wildman–Crippen MR) is 100 cm³/mol. The monoisotopic (exact) mass is 384 g/mol. The second-order valence-corrected chi connectivity index (χ2v) is 8.12. The number of carbonyl (C=O) groups is 4. The highest BCUT2D eigenvalue weighted by Gasteiger charge is 2.61. The average molecular weight is 384 g/mol. The standard InChI is InChI=1S/C21H24N2O5/c1-11-4-3-5-12(2)19(11)22-15(24)10-28-16(25)9-23-20(26)17-13-6-7-14(8-13)18(17)21(23)27/h3-5,13-14,17-18H,6-10H2,1-2H3,(H,22,24)/t13-,14-,17-,18-/m0/s1. The molecule has 1 aromatic rings. The van der Waals surface area contributed by atoms with Gasteiger partial charge in [-0.05, 0) is 56.1 Å². The van der Waals surface area contributed by atoms with Crippen LogP contribution in [0.5, 0.6) is 0 Å². The number of likely N-dealkylation sites (tertiary alicyclic amines) is 1. The van der Waals surface area contributed by atoms with Crippen molar-refractivity contribution < 1.29 is 23.9 Å². The zero-order chi connectivity index (χ0) is 20.0. The van der Waals surface area contributed by atoms with E-state index in [-0.39, 0.29) is 35.5 Å². The van der Waals surface area contributed by atoms with Crippen molar-refractivity contribution in [2.24, 2.45) is 23.7 Å². The summed E-state index contributed by atoms with van der Waals surface area (Å²) in [5, 5.41) is 2.73. The summed E-state index contributed by atoms with van der Waals surface area (Å²) in [6.45, 7) is 2.88. The van der Waals surface area contributed by atoms with Gasteiger partial charge in [0.1, 0.15) is 6.54 Å². The Hall–Kier alpha value is -2.70. The summed E-state index contributed by atoms with van der Waals surface area (Å²) >= 11 is 0. The van der Waals surface area contributed by atoms with E-state index < -0.39 is 25.0 Å². The Labute approximate surface area is 163 Å². The van der Waals surface area contributed by atoms with Gasteiger partial charge in [-0.2, -0.15) is 0 Å². The molecule has 2 aliphatic carbocycles. The third kappa shape index (κ3) is 3.08. The van der Waals surface area contributed by atoms with E-state index in [2.05, 4.69) is 5.32 Å². The molecule has 2 saturated carbocycles. The van der Waals surface area contributed by atoms with Crippen LogP contribution in [0.3, 0.4) is 0 Å². The van der Waals surface area contributed by atoms with Crippen molar-refractivity contribution in [1.82, 2.24) is 4.90 Å². The van der Waals surface area contributed by atoms with E-state index in [4.69, 9.17) is 4.74 Å². The molecule has 148 valence electrons. The van der Waals surface area contributed by atoms with E-state index >= 15 is 0 Å². The summed E-state index contributed by atoms with van der Waals surface area (Å²) in [7, 11) is 0. The summed E-state index contributed by atoms with van der Waals surface area (Å²) in [5.41, 5.74) is 2.51. The van der Waals surface area contributed by atoms with Gasteiger partial charge in [0.05, 0.1) is 11.8 Å². The van der Waals surface area contributed by atoms with Crippen LogP contribution in [0.15, 0.2) is 18.2 Å². The van der Waals surface area contributed by atoms with Gasteiger partial charge in [0, 0.05) is 5.69 Å². The van der Waals surface area contributed by atoms with Crippen molar-refractivity contribution in [2.75, 3.05) is 18.5 Å². The van der Waals surface area contributed by atoms with Crippen LogP contribution >= 0.6 is 0 Å². The first-order valence-corrected chi connectivity index (χ1v) is 9.73. The molecule has 0 aromatic heterocycles. The zero-order valence-corrected chi connectivity index (χ0v) is 16.1. The number of nitrogens with zero attached hydrogens (tertiary/aromatic N) is 1. The van der Waals surface area contributed by atoms with Gasteiger partial charge in [0.15, 0.2) is 6.61 Å². The largest absolute Gasteiger partial charge is 0.454 e. The first-order chi connectivity index (χ1) is 13.4. The minimum Gasteiger partial charge on any atom is -0.454 e. The fourth-order valence-corrected chi connectivity index (χ4v) is 5.13. The highest BCUT2D eigenvalue weighted by molar-refractivity contribution is 6.08. The van der Waals surface area contributed by atoms with Crippen molar-refractivity contribution in [3.63, 3.8) is 0 Å². The molecule has 7 heteroatoms. The maximum atomic E-state index is 12.6. The molecular weight excluding hydrogens is 360 g/mol. The van der Waals surface area contributed by atoms with Gasteiger partial charge >= 0.3 is 5.97 Å². The van der Waals surface area contributed by atoms with E-state index in [1.54, 1.807) is 0 Å². The number of hydrogen-bond donors (Lipinski definition) is 1. The van der Waals surface area contributed by atoms with Gasteiger partial charge < -0.3 is 10.1 Å². The minimum atomic E-state index is -0.745. The lowest BCUT2D eigenvalue weighted by Crippen LogP contribution is -2.38. The highest BCUT2D eigenvalue weighted by atomic mass is 16.5. The van der Waals surface area contributed by atoms with E-state index in [0.717, 1.165) is 35.3 Å². The quantitative estimate of drug-likeness (QED) is 0.617. The summed E-state index contributed by atoms with van der Waals surface area (Å²) < 4.78 is 5.01. The maximum Gasteiger partial charge on any atom is 0.326 e. The number of aryl methyl sites for hydroxylation is 2. The Bertz CT molecular complexity index is 816. The number of para-hydroxylation sites is 1. The van der Waals surface area contributed by atoms with Crippen LogP contribution in [-0.4, -0.2) is 41.7 Å². The predicted octanol–water partition coefficient (Wildman–Crippen LogP) is 1.82. The number of amides is 3. The fourth-order valence-electron chi connectivity index (χ4n) is 5.13. The molecule has 2 bridgehead atoms. The summed E-state index contributed by atoms with van der Waals surface area (Å²) in [5.74, 6) is -1.67. The first kappa shape index (κ1) is 18.7. The summed E-state index contributed by atoms with van der Waals surface area (Å²) in [6.07, 6.45) is 2.92. The molecule has 4 rings (SSSR count). The Morgan fingerprint density at radius 2 is 1.64 bits per heavy atom. The van der Waals surface area contributed by atoms with Crippen molar-refractivity contribution in [3.05, 3.63) is 29.3 Å². The fraction of sp³-hybridized carbons (Fsp3) is 0.524. The molecule has 3 aliphatic rings. The molecule has 1 N–H and O–H groups in total.